The van der Waals surface area contributed by atoms with Crippen molar-refractivity contribution in [1.29, 1.82) is 0 Å². The molecule has 3 aromatic rings. The zero-order valence-corrected chi connectivity index (χ0v) is 18.2. The van der Waals surface area contributed by atoms with Crippen LogP contribution in [0.4, 0.5) is 17.1 Å². The van der Waals surface area contributed by atoms with Gasteiger partial charge in [-0.15, -0.1) is 0 Å². The van der Waals surface area contributed by atoms with Crippen molar-refractivity contribution < 1.29 is 23.1 Å². The molecule has 0 spiro atoms. The molecule has 0 saturated carbocycles. The molecule has 0 unspecified atom stereocenters. The summed E-state index contributed by atoms with van der Waals surface area (Å²) in [6.07, 6.45) is 1.05. The highest BCUT2D eigenvalue weighted by Crippen LogP contribution is 2.29. The van der Waals surface area contributed by atoms with E-state index in [0.717, 1.165) is 18.3 Å². The van der Waals surface area contributed by atoms with E-state index in [1.165, 1.54) is 42.5 Å². The number of nitrogens with one attached hydrogen (secondary N) is 1. The summed E-state index contributed by atoms with van der Waals surface area (Å²) in [6.45, 7) is -0.757. The van der Waals surface area contributed by atoms with Crippen molar-refractivity contribution in [2.75, 3.05) is 10.8 Å². The first-order valence-electron chi connectivity index (χ1n) is 9.58. The van der Waals surface area contributed by atoms with Gasteiger partial charge in [-0.3, -0.25) is 29.3 Å². The standard InChI is InChI=1S/C21H17N5O7S/c27-21(23-22-14-16-8-4-5-11-18(16)25(28)29)15-24(17-9-2-1-3-10-17)34(32,33)20-13-7-6-12-19(20)26(30)31/h1-14H,15H2,(H,23,27)/b22-14-. The second-order valence-electron chi connectivity index (χ2n) is 6.68. The number of amides is 1. The summed E-state index contributed by atoms with van der Waals surface area (Å²) >= 11 is 0. The predicted octanol–water partition coefficient (Wildman–Crippen LogP) is 2.85. The van der Waals surface area contributed by atoms with Crippen molar-refractivity contribution in [1.82, 2.24) is 5.43 Å². The molecule has 0 heterocycles. The highest BCUT2D eigenvalue weighted by molar-refractivity contribution is 7.93. The molecule has 0 saturated heterocycles. The fourth-order valence-corrected chi connectivity index (χ4v) is 4.54. The van der Waals surface area contributed by atoms with Crippen molar-refractivity contribution in [3.63, 3.8) is 0 Å². The summed E-state index contributed by atoms with van der Waals surface area (Å²) in [5, 5.41) is 26.1. The molecule has 3 aromatic carbocycles. The minimum atomic E-state index is -4.53. The van der Waals surface area contributed by atoms with Crippen LogP contribution in [0.5, 0.6) is 0 Å². The van der Waals surface area contributed by atoms with Gasteiger partial charge in [0.05, 0.1) is 27.3 Å². The van der Waals surface area contributed by atoms with Crippen LogP contribution < -0.4 is 9.73 Å². The summed E-state index contributed by atoms with van der Waals surface area (Å²) in [7, 11) is -4.53. The van der Waals surface area contributed by atoms with Crippen LogP contribution >= 0.6 is 0 Å². The Labute approximate surface area is 193 Å². The first kappa shape index (κ1) is 24.0. The number of hydrogen-bond acceptors (Lipinski definition) is 8. The smallest absolute Gasteiger partial charge is 0.271 e. The van der Waals surface area contributed by atoms with E-state index in [-0.39, 0.29) is 16.9 Å². The van der Waals surface area contributed by atoms with Crippen LogP contribution in [0.15, 0.2) is 88.9 Å². The van der Waals surface area contributed by atoms with Crippen molar-refractivity contribution in [2.24, 2.45) is 5.10 Å². The summed E-state index contributed by atoms with van der Waals surface area (Å²) in [5.74, 6) is -0.874. The van der Waals surface area contributed by atoms with Gasteiger partial charge in [0.2, 0.25) is 0 Å². The van der Waals surface area contributed by atoms with Crippen LogP contribution in [0.3, 0.4) is 0 Å². The number of anilines is 1. The molecule has 0 aliphatic heterocycles. The van der Waals surface area contributed by atoms with E-state index in [9.17, 15) is 33.4 Å². The lowest BCUT2D eigenvalue weighted by Gasteiger charge is -2.23. The first-order chi connectivity index (χ1) is 16.2. The molecule has 0 aromatic heterocycles. The van der Waals surface area contributed by atoms with Gasteiger partial charge in [0, 0.05) is 12.1 Å². The Morgan fingerprint density at radius 3 is 2.09 bits per heavy atom. The van der Waals surface area contributed by atoms with Crippen LogP contribution in [-0.4, -0.2) is 36.9 Å². The van der Waals surface area contributed by atoms with E-state index < -0.39 is 42.9 Å². The Bertz CT molecular complexity index is 1360. The lowest BCUT2D eigenvalue weighted by atomic mass is 10.2. The number of para-hydroxylation sites is 3. The molecular weight excluding hydrogens is 466 g/mol. The van der Waals surface area contributed by atoms with E-state index >= 15 is 0 Å². The molecule has 0 bridgehead atoms. The summed E-state index contributed by atoms with van der Waals surface area (Å²) < 4.78 is 27.4. The number of hydrazone groups is 1. The van der Waals surface area contributed by atoms with Gasteiger partial charge in [-0.1, -0.05) is 42.5 Å². The maximum atomic E-state index is 13.3. The molecule has 0 fully saturated rings. The number of nitro benzene ring substituents is 2. The largest absolute Gasteiger partial charge is 0.289 e. The topological polar surface area (TPSA) is 165 Å². The van der Waals surface area contributed by atoms with Crippen LogP contribution in [0, 0.1) is 20.2 Å². The number of benzene rings is 3. The molecule has 0 radical (unpaired) electrons. The molecule has 1 amide bonds. The van der Waals surface area contributed by atoms with Crippen molar-refractivity contribution in [2.45, 2.75) is 4.90 Å². The van der Waals surface area contributed by atoms with E-state index in [1.54, 1.807) is 24.3 Å². The van der Waals surface area contributed by atoms with E-state index in [0.29, 0.717) is 4.31 Å². The second kappa shape index (κ2) is 10.3. The van der Waals surface area contributed by atoms with Gasteiger partial charge < -0.3 is 0 Å². The fourth-order valence-electron chi connectivity index (χ4n) is 2.96. The highest BCUT2D eigenvalue weighted by Gasteiger charge is 2.33. The second-order valence-corrected chi connectivity index (χ2v) is 8.51. The molecule has 0 aliphatic carbocycles. The SMILES string of the molecule is O=C(CN(c1ccccc1)S(=O)(=O)c1ccccc1[N+](=O)[O-])N/N=C\c1ccccc1[N+](=O)[O-]. The van der Waals surface area contributed by atoms with Gasteiger partial charge in [-0.2, -0.15) is 5.10 Å². The normalized spacial score (nSPS) is 11.2. The zero-order valence-electron chi connectivity index (χ0n) is 17.3. The molecule has 3 rings (SSSR count). The number of hydrogen-bond donors (Lipinski definition) is 1. The average molecular weight is 483 g/mol. The van der Waals surface area contributed by atoms with Crippen LogP contribution in [0.25, 0.3) is 0 Å². The molecule has 0 atom stereocenters. The molecule has 1 N–H and O–H groups in total. The van der Waals surface area contributed by atoms with Crippen LogP contribution in [-0.2, 0) is 14.8 Å². The average Bonchev–Trinajstić information content (AvgIpc) is 2.83. The van der Waals surface area contributed by atoms with Crippen molar-refractivity contribution in [3.05, 3.63) is 105 Å². The fraction of sp³-hybridized carbons (Fsp3) is 0.0476. The maximum absolute atomic E-state index is 13.3. The minimum Gasteiger partial charge on any atom is -0.271 e. The van der Waals surface area contributed by atoms with Gasteiger partial charge >= 0.3 is 0 Å². The predicted molar refractivity (Wildman–Crippen MR) is 123 cm³/mol. The Morgan fingerprint density at radius 2 is 1.44 bits per heavy atom. The van der Waals surface area contributed by atoms with Gasteiger partial charge in [-0.25, -0.2) is 13.8 Å². The Morgan fingerprint density at radius 1 is 0.882 bits per heavy atom. The zero-order chi connectivity index (χ0) is 24.7. The van der Waals surface area contributed by atoms with E-state index in [4.69, 9.17) is 0 Å². The lowest BCUT2D eigenvalue weighted by molar-refractivity contribution is -0.387. The lowest BCUT2D eigenvalue weighted by Crippen LogP contribution is -2.39. The molecule has 174 valence electrons. The van der Waals surface area contributed by atoms with Crippen molar-refractivity contribution in [3.8, 4) is 0 Å². The number of nitrogens with zero attached hydrogens (tertiary/aromatic N) is 4. The van der Waals surface area contributed by atoms with E-state index in [1.807, 2.05) is 0 Å². The number of rotatable bonds is 9. The highest BCUT2D eigenvalue weighted by atomic mass is 32.2. The molecule has 34 heavy (non-hydrogen) atoms. The van der Waals surface area contributed by atoms with E-state index in [2.05, 4.69) is 10.5 Å². The van der Waals surface area contributed by atoms with Crippen LogP contribution in [0.2, 0.25) is 0 Å². The summed E-state index contributed by atoms with van der Waals surface area (Å²) in [5.41, 5.74) is 1.48. The van der Waals surface area contributed by atoms with Gasteiger partial charge in [0.25, 0.3) is 27.3 Å². The van der Waals surface area contributed by atoms with Gasteiger partial charge in [0.1, 0.15) is 6.54 Å². The molecule has 13 heteroatoms. The summed E-state index contributed by atoms with van der Waals surface area (Å²) in [6, 6.07) is 18.1. The first-order valence-corrected chi connectivity index (χ1v) is 11.0. The number of carbonyl (C=O) groups excluding carboxylic acids is 1. The Balaban J connectivity index is 1.89. The third-order valence-corrected chi connectivity index (χ3v) is 6.31. The monoisotopic (exact) mass is 483 g/mol. The quantitative estimate of drug-likeness (QED) is 0.277. The third kappa shape index (κ3) is 5.39. The van der Waals surface area contributed by atoms with Gasteiger partial charge in [-0.05, 0) is 24.3 Å². The minimum absolute atomic E-state index is 0.0958. The Hall–Kier alpha value is -4.65. The third-order valence-electron chi connectivity index (χ3n) is 4.49. The van der Waals surface area contributed by atoms with Crippen LogP contribution in [0.1, 0.15) is 5.56 Å². The van der Waals surface area contributed by atoms with Crippen molar-refractivity contribution >= 4 is 39.2 Å². The molecular formula is C21H17N5O7S. The Kier molecular flexibility index (Phi) is 7.28. The number of carbonyl (C=O) groups is 1. The van der Waals surface area contributed by atoms with Gasteiger partial charge in [0.15, 0.2) is 4.90 Å². The maximum Gasteiger partial charge on any atom is 0.289 e. The number of nitro groups is 2. The summed E-state index contributed by atoms with van der Waals surface area (Å²) in [4.78, 5) is 33.0. The molecule has 12 nitrogen and oxygen atoms in total. The molecule has 0 aliphatic rings. The number of sulfonamides is 1.